The minimum atomic E-state index is 0.177. The molecule has 0 bridgehead atoms. The fraction of sp³-hybridized carbons (Fsp3) is 0.455. The van der Waals surface area contributed by atoms with Gasteiger partial charge in [-0.05, 0) is 61.8 Å². The van der Waals surface area contributed by atoms with Crippen molar-refractivity contribution in [3.8, 4) is 0 Å². The molecule has 6 heteroatoms. The van der Waals surface area contributed by atoms with Crippen molar-refractivity contribution in [2.75, 3.05) is 11.4 Å². The molecule has 28 heavy (non-hydrogen) atoms. The molecule has 0 aliphatic carbocycles. The monoisotopic (exact) mass is 377 g/mol. The Bertz CT molecular complexity index is 1040. The fourth-order valence-corrected chi connectivity index (χ4v) is 4.12. The van der Waals surface area contributed by atoms with Crippen LogP contribution in [0.15, 0.2) is 24.5 Å². The molecule has 0 unspecified atom stereocenters. The van der Waals surface area contributed by atoms with Crippen LogP contribution >= 0.6 is 0 Å². The zero-order valence-corrected chi connectivity index (χ0v) is 17.1. The van der Waals surface area contributed by atoms with Gasteiger partial charge in [-0.1, -0.05) is 26.0 Å². The van der Waals surface area contributed by atoms with Gasteiger partial charge in [0.2, 0.25) is 5.91 Å². The molecule has 0 N–H and O–H groups in total. The van der Waals surface area contributed by atoms with E-state index in [1.807, 2.05) is 18.7 Å². The third-order valence-electron chi connectivity index (χ3n) is 5.77. The van der Waals surface area contributed by atoms with Crippen LogP contribution in [0.2, 0.25) is 0 Å². The highest BCUT2D eigenvalue weighted by Crippen LogP contribution is 2.31. The summed E-state index contributed by atoms with van der Waals surface area (Å²) in [7, 11) is 0. The molecule has 1 aliphatic heterocycles. The number of fused-ring (bicyclic) bond motifs is 2. The number of anilines is 1. The molecular weight excluding hydrogens is 350 g/mol. The highest BCUT2D eigenvalue weighted by atomic mass is 16.2. The Morgan fingerprint density at radius 3 is 2.86 bits per heavy atom. The van der Waals surface area contributed by atoms with Gasteiger partial charge in [0.15, 0.2) is 0 Å². The van der Waals surface area contributed by atoms with Gasteiger partial charge in [-0.2, -0.15) is 10.1 Å². The minimum Gasteiger partial charge on any atom is -0.312 e. The quantitative estimate of drug-likeness (QED) is 0.694. The summed E-state index contributed by atoms with van der Waals surface area (Å²) in [6.07, 6.45) is 4.71. The van der Waals surface area contributed by atoms with Gasteiger partial charge in [0.05, 0.1) is 0 Å². The van der Waals surface area contributed by atoms with Crippen molar-refractivity contribution in [1.82, 2.24) is 19.6 Å². The lowest BCUT2D eigenvalue weighted by Crippen LogP contribution is -2.35. The Morgan fingerprint density at radius 2 is 2.07 bits per heavy atom. The van der Waals surface area contributed by atoms with Gasteiger partial charge >= 0.3 is 0 Å². The molecule has 3 heterocycles. The molecule has 4 rings (SSSR count). The van der Waals surface area contributed by atoms with Crippen molar-refractivity contribution in [3.63, 3.8) is 0 Å². The summed E-state index contributed by atoms with van der Waals surface area (Å²) in [5, 5.41) is 4.24. The van der Waals surface area contributed by atoms with Crippen LogP contribution in [0, 0.1) is 13.8 Å². The van der Waals surface area contributed by atoms with Crippen molar-refractivity contribution in [2.45, 2.75) is 59.3 Å². The van der Waals surface area contributed by atoms with Gasteiger partial charge in [0, 0.05) is 30.0 Å². The molecule has 0 saturated heterocycles. The molecule has 1 aromatic carbocycles. The van der Waals surface area contributed by atoms with E-state index in [2.05, 4.69) is 47.1 Å². The van der Waals surface area contributed by atoms with Gasteiger partial charge in [-0.3, -0.25) is 4.79 Å². The van der Waals surface area contributed by atoms with E-state index in [0.717, 1.165) is 42.0 Å². The van der Waals surface area contributed by atoms with Crippen molar-refractivity contribution in [3.05, 3.63) is 52.6 Å². The number of amides is 1. The van der Waals surface area contributed by atoms with Gasteiger partial charge in [0.1, 0.15) is 6.33 Å². The number of carbonyl (C=O) groups excluding carboxylic acids is 1. The smallest absolute Gasteiger partial charge is 0.252 e. The second kappa shape index (κ2) is 7.34. The minimum absolute atomic E-state index is 0.177. The topological polar surface area (TPSA) is 63.4 Å². The number of benzene rings is 1. The maximum absolute atomic E-state index is 13.1. The Morgan fingerprint density at radius 1 is 1.25 bits per heavy atom. The molecule has 6 nitrogen and oxygen atoms in total. The predicted octanol–water partition coefficient (Wildman–Crippen LogP) is 3.78. The number of aryl methyl sites for hydroxylation is 3. The average molecular weight is 377 g/mol. The summed E-state index contributed by atoms with van der Waals surface area (Å²) in [4.78, 5) is 23.7. The maximum Gasteiger partial charge on any atom is 0.252 e. The van der Waals surface area contributed by atoms with E-state index in [-0.39, 0.29) is 5.91 Å². The van der Waals surface area contributed by atoms with Crippen molar-refractivity contribution in [1.29, 1.82) is 0 Å². The molecule has 1 amide bonds. The first-order chi connectivity index (χ1) is 13.5. The molecule has 0 saturated carbocycles. The molecule has 2 aromatic heterocycles. The van der Waals surface area contributed by atoms with Gasteiger partial charge in [-0.15, -0.1) is 0 Å². The SMILES string of the molecule is Cc1nc2ncnn2c(C)c1CCC(=O)N1CCCc2cc(C(C)C)ccc21. The van der Waals surface area contributed by atoms with Crippen molar-refractivity contribution < 1.29 is 4.79 Å². The summed E-state index contributed by atoms with van der Waals surface area (Å²) >= 11 is 0. The summed E-state index contributed by atoms with van der Waals surface area (Å²) in [5.74, 6) is 1.29. The fourth-order valence-electron chi connectivity index (χ4n) is 4.12. The highest BCUT2D eigenvalue weighted by molar-refractivity contribution is 5.94. The molecule has 0 atom stereocenters. The second-order valence-electron chi connectivity index (χ2n) is 7.92. The predicted molar refractivity (Wildman–Crippen MR) is 110 cm³/mol. The summed E-state index contributed by atoms with van der Waals surface area (Å²) in [6.45, 7) is 9.20. The molecule has 146 valence electrons. The Labute approximate surface area is 165 Å². The number of rotatable bonds is 4. The van der Waals surface area contributed by atoms with E-state index in [9.17, 15) is 4.79 Å². The van der Waals surface area contributed by atoms with Crippen LogP contribution < -0.4 is 4.90 Å². The lowest BCUT2D eigenvalue weighted by Gasteiger charge is -2.30. The summed E-state index contributed by atoms with van der Waals surface area (Å²) in [6, 6.07) is 6.56. The van der Waals surface area contributed by atoms with Gasteiger partial charge < -0.3 is 4.90 Å². The second-order valence-corrected chi connectivity index (χ2v) is 7.92. The lowest BCUT2D eigenvalue weighted by atomic mass is 9.94. The number of nitrogens with zero attached hydrogens (tertiary/aromatic N) is 5. The molecular formula is C22H27N5O. The molecule has 0 spiro atoms. The zero-order valence-electron chi connectivity index (χ0n) is 17.1. The molecule has 3 aromatic rings. The number of hydrogen-bond acceptors (Lipinski definition) is 4. The Balaban J connectivity index is 1.54. The van der Waals surface area contributed by atoms with Gasteiger partial charge in [0.25, 0.3) is 5.78 Å². The van der Waals surface area contributed by atoms with E-state index in [0.29, 0.717) is 24.5 Å². The normalized spacial score (nSPS) is 14.0. The highest BCUT2D eigenvalue weighted by Gasteiger charge is 2.23. The van der Waals surface area contributed by atoms with Crippen LogP contribution in [0.5, 0.6) is 0 Å². The first-order valence-corrected chi connectivity index (χ1v) is 10.0. The molecule has 0 radical (unpaired) electrons. The molecule has 1 aliphatic rings. The van der Waals surface area contributed by atoms with Gasteiger partial charge in [-0.25, -0.2) is 9.50 Å². The third-order valence-corrected chi connectivity index (χ3v) is 5.77. The number of hydrogen-bond donors (Lipinski definition) is 0. The average Bonchev–Trinajstić information content (AvgIpc) is 3.15. The van der Waals surface area contributed by atoms with Crippen LogP contribution in [0.25, 0.3) is 5.78 Å². The van der Waals surface area contributed by atoms with E-state index in [1.54, 1.807) is 4.52 Å². The zero-order chi connectivity index (χ0) is 19.8. The van der Waals surface area contributed by atoms with Crippen molar-refractivity contribution >= 4 is 17.4 Å². The first kappa shape index (κ1) is 18.6. The van der Waals surface area contributed by atoms with Crippen LogP contribution in [-0.2, 0) is 17.6 Å². The number of aromatic nitrogens is 4. The van der Waals surface area contributed by atoms with E-state index >= 15 is 0 Å². The largest absolute Gasteiger partial charge is 0.312 e. The lowest BCUT2D eigenvalue weighted by molar-refractivity contribution is -0.118. The van der Waals surface area contributed by atoms with Crippen LogP contribution in [0.3, 0.4) is 0 Å². The van der Waals surface area contributed by atoms with Crippen LogP contribution in [0.1, 0.15) is 60.7 Å². The summed E-state index contributed by atoms with van der Waals surface area (Å²) in [5.41, 5.74) is 6.73. The van der Waals surface area contributed by atoms with E-state index in [4.69, 9.17) is 0 Å². The number of carbonyl (C=O) groups is 1. The third kappa shape index (κ3) is 3.28. The molecule has 0 fully saturated rings. The Kier molecular flexibility index (Phi) is 4.87. The van der Waals surface area contributed by atoms with E-state index < -0.39 is 0 Å². The van der Waals surface area contributed by atoms with Crippen LogP contribution in [0.4, 0.5) is 5.69 Å². The summed E-state index contributed by atoms with van der Waals surface area (Å²) < 4.78 is 1.75. The standard InChI is InChI=1S/C22H27N5O/c1-14(2)17-7-9-20-18(12-17)6-5-11-26(20)21(28)10-8-19-15(3)25-22-23-13-24-27(22)16(19)4/h7,9,12-14H,5-6,8,10-11H2,1-4H3. The van der Waals surface area contributed by atoms with Crippen molar-refractivity contribution in [2.24, 2.45) is 0 Å². The van der Waals surface area contributed by atoms with E-state index in [1.165, 1.54) is 17.5 Å². The maximum atomic E-state index is 13.1. The first-order valence-electron chi connectivity index (χ1n) is 10.0. The van der Waals surface area contributed by atoms with Crippen LogP contribution in [-0.4, -0.2) is 32.0 Å². The Hall–Kier alpha value is -2.76.